The Labute approximate surface area is 104 Å². The first-order valence-electron chi connectivity index (χ1n) is 6.20. The fraction of sp³-hybridized carbons (Fsp3) is 0.571. The van der Waals surface area contributed by atoms with Crippen LogP contribution in [0.2, 0.25) is 0 Å². The van der Waals surface area contributed by atoms with Crippen molar-refractivity contribution in [1.29, 1.82) is 0 Å². The highest BCUT2D eigenvalue weighted by Crippen LogP contribution is 2.22. The van der Waals surface area contributed by atoms with E-state index in [1.54, 1.807) is 7.11 Å². The van der Waals surface area contributed by atoms with Crippen LogP contribution in [0.25, 0.3) is 0 Å². The second-order valence-corrected chi connectivity index (χ2v) is 4.11. The van der Waals surface area contributed by atoms with Gasteiger partial charge < -0.3 is 14.8 Å². The summed E-state index contributed by atoms with van der Waals surface area (Å²) in [7, 11) is 1.73. The van der Waals surface area contributed by atoms with E-state index in [2.05, 4.69) is 31.3 Å². The molecule has 0 amide bonds. The van der Waals surface area contributed by atoms with E-state index in [9.17, 15) is 0 Å². The predicted molar refractivity (Wildman–Crippen MR) is 71.9 cm³/mol. The van der Waals surface area contributed by atoms with Crippen LogP contribution in [-0.4, -0.2) is 26.4 Å². The van der Waals surface area contributed by atoms with Crippen molar-refractivity contribution in [3.05, 3.63) is 23.8 Å². The number of anilines is 1. The minimum Gasteiger partial charge on any atom is -0.494 e. The van der Waals surface area contributed by atoms with Gasteiger partial charge in [0.1, 0.15) is 5.75 Å². The van der Waals surface area contributed by atoms with E-state index in [0.29, 0.717) is 12.6 Å². The van der Waals surface area contributed by atoms with Gasteiger partial charge >= 0.3 is 0 Å². The molecule has 0 spiro atoms. The van der Waals surface area contributed by atoms with E-state index in [1.165, 1.54) is 5.56 Å². The zero-order valence-electron chi connectivity index (χ0n) is 11.2. The van der Waals surface area contributed by atoms with Crippen LogP contribution in [-0.2, 0) is 4.74 Å². The largest absolute Gasteiger partial charge is 0.494 e. The number of hydrogen-bond acceptors (Lipinski definition) is 3. The van der Waals surface area contributed by atoms with Crippen molar-refractivity contribution in [2.45, 2.75) is 33.2 Å². The number of benzene rings is 1. The highest BCUT2D eigenvalue weighted by Gasteiger charge is 2.07. The van der Waals surface area contributed by atoms with Gasteiger partial charge in [0, 0.05) is 18.8 Å². The Bertz CT molecular complexity index is 339. The van der Waals surface area contributed by atoms with Gasteiger partial charge in [-0.15, -0.1) is 0 Å². The van der Waals surface area contributed by atoms with Crippen molar-refractivity contribution in [2.24, 2.45) is 0 Å². The average molecular weight is 237 g/mol. The summed E-state index contributed by atoms with van der Waals surface area (Å²) in [5, 5.41) is 3.49. The lowest BCUT2D eigenvalue weighted by Gasteiger charge is -2.19. The molecule has 0 aliphatic carbocycles. The van der Waals surface area contributed by atoms with Gasteiger partial charge in [0.2, 0.25) is 0 Å². The molecule has 0 fully saturated rings. The predicted octanol–water partition coefficient (Wildman–Crippen LogP) is 3.23. The van der Waals surface area contributed by atoms with E-state index in [-0.39, 0.29) is 0 Å². The Morgan fingerprint density at radius 2 is 2.06 bits per heavy atom. The zero-order valence-corrected chi connectivity index (χ0v) is 11.2. The third-order valence-corrected chi connectivity index (χ3v) is 2.73. The molecule has 0 radical (unpaired) electrons. The maximum Gasteiger partial charge on any atom is 0.119 e. The molecule has 1 N–H and O–H groups in total. The summed E-state index contributed by atoms with van der Waals surface area (Å²) < 4.78 is 10.7. The Morgan fingerprint density at radius 1 is 1.29 bits per heavy atom. The Kier molecular flexibility index (Phi) is 5.84. The molecule has 1 aromatic carbocycles. The molecular weight excluding hydrogens is 214 g/mol. The van der Waals surface area contributed by atoms with Gasteiger partial charge in [-0.2, -0.15) is 0 Å². The van der Waals surface area contributed by atoms with E-state index < -0.39 is 0 Å². The van der Waals surface area contributed by atoms with Gasteiger partial charge in [-0.1, -0.05) is 6.92 Å². The molecule has 0 saturated carbocycles. The second-order valence-electron chi connectivity index (χ2n) is 4.11. The monoisotopic (exact) mass is 237 g/mol. The summed E-state index contributed by atoms with van der Waals surface area (Å²) >= 11 is 0. The molecule has 0 bridgehead atoms. The molecule has 3 nitrogen and oxygen atoms in total. The first-order chi connectivity index (χ1) is 8.21. The maximum atomic E-state index is 5.47. The Morgan fingerprint density at radius 3 is 2.59 bits per heavy atom. The standard InChI is InChI=1S/C14H23NO2/c1-5-12(10-16-4)15-14-8-7-13(17-6-2)9-11(14)3/h7-9,12,15H,5-6,10H2,1-4H3. The number of rotatable bonds is 7. The molecule has 1 atom stereocenters. The summed E-state index contributed by atoms with van der Waals surface area (Å²) in [5.74, 6) is 0.926. The third-order valence-electron chi connectivity index (χ3n) is 2.73. The lowest BCUT2D eigenvalue weighted by Crippen LogP contribution is -2.24. The van der Waals surface area contributed by atoms with Crippen LogP contribution in [0.1, 0.15) is 25.8 Å². The first-order valence-corrected chi connectivity index (χ1v) is 6.20. The van der Waals surface area contributed by atoms with Crippen LogP contribution in [0, 0.1) is 6.92 Å². The molecule has 96 valence electrons. The number of ether oxygens (including phenoxy) is 2. The molecule has 17 heavy (non-hydrogen) atoms. The van der Waals surface area contributed by atoms with E-state index in [0.717, 1.165) is 24.5 Å². The molecule has 0 aliphatic rings. The molecule has 0 aliphatic heterocycles. The normalized spacial score (nSPS) is 12.2. The number of methoxy groups -OCH3 is 1. The summed E-state index contributed by atoms with van der Waals surface area (Å²) in [6, 6.07) is 6.49. The topological polar surface area (TPSA) is 30.5 Å². The molecular formula is C14H23NO2. The second kappa shape index (κ2) is 7.17. The zero-order chi connectivity index (χ0) is 12.7. The summed E-state index contributed by atoms with van der Waals surface area (Å²) in [4.78, 5) is 0. The molecule has 1 rings (SSSR count). The smallest absolute Gasteiger partial charge is 0.119 e. The van der Waals surface area contributed by atoms with Gasteiger partial charge in [-0.25, -0.2) is 0 Å². The third kappa shape index (κ3) is 4.27. The van der Waals surface area contributed by atoms with Gasteiger partial charge in [0.15, 0.2) is 0 Å². The minimum atomic E-state index is 0.358. The van der Waals surface area contributed by atoms with Crippen LogP contribution < -0.4 is 10.1 Å². The minimum absolute atomic E-state index is 0.358. The van der Waals surface area contributed by atoms with Gasteiger partial charge in [0.25, 0.3) is 0 Å². The van der Waals surface area contributed by atoms with Crippen molar-refractivity contribution < 1.29 is 9.47 Å². The quantitative estimate of drug-likeness (QED) is 0.789. The Hall–Kier alpha value is -1.22. The van der Waals surface area contributed by atoms with Crippen LogP contribution >= 0.6 is 0 Å². The van der Waals surface area contributed by atoms with Crippen molar-refractivity contribution >= 4 is 5.69 Å². The average Bonchev–Trinajstić information content (AvgIpc) is 2.32. The van der Waals surface area contributed by atoms with Gasteiger partial charge in [0.05, 0.1) is 13.2 Å². The van der Waals surface area contributed by atoms with Crippen LogP contribution in [0.5, 0.6) is 5.75 Å². The van der Waals surface area contributed by atoms with E-state index >= 15 is 0 Å². The van der Waals surface area contributed by atoms with Crippen molar-refractivity contribution in [3.8, 4) is 5.75 Å². The number of aryl methyl sites for hydroxylation is 1. The first kappa shape index (κ1) is 13.8. The summed E-state index contributed by atoms with van der Waals surface area (Å²) in [6.07, 6.45) is 1.04. The summed E-state index contributed by atoms with van der Waals surface area (Å²) in [6.45, 7) is 7.66. The number of nitrogens with one attached hydrogen (secondary N) is 1. The van der Waals surface area contributed by atoms with E-state index in [4.69, 9.17) is 9.47 Å². The van der Waals surface area contributed by atoms with Gasteiger partial charge in [-0.3, -0.25) is 0 Å². The number of hydrogen-bond donors (Lipinski definition) is 1. The van der Waals surface area contributed by atoms with Crippen LogP contribution in [0.15, 0.2) is 18.2 Å². The lowest BCUT2D eigenvalue weighted by atomic mass is 10.1. The molecule has 1 aromatic rings. The van der Waals surface area contributed by atoms with Crippen molar-refractivity contribution in [2.75, 3.05) is 25.6 Å². The molecule has 0 aromatic heterocycles. The lowest BCUT2D eigenvalue weighted by molar-refractivity contribution is 0.184. The Balaban J connectivity index is 2.70. The molecule has 3 heteroatoms. The summed E-state index contributed by atoms with van der Waals surface area (Å²) in [5.41, 5.74) is 2.35. The highest BCUT2D eigenvalue weighted by atomic mass is 16.5. The van der Waals surface area contributed by atoms with Crippen LogP contribution in [0.3, 0.4) is 0 Å². The fourth-order valence-electron chi connectivity index (χ4n) is 1.74. The SMILES string of the molecule is CCOc1ccc(NC(CC)COC)c(C)c1. The van der Waals surface area contributed by atoms with Gasteiger partial charge in [-0.05, 0) is 44.0 Å². The molecule has 1 unspecified atom stereocenters. The molecule has 0 saturated heterocycles. The van der Waals surface area contributed by atoms with Crippen molar-refractivity contribution in [1.82, 2.24) is 0 Å². The van der Waals surface area contributed by atoms with Crippen LogP contribution in [0.4, 0.5) is 5.69 Å². The highest BCUT2D eigenvalue weighted by molar-refractivity contribution is 5.54. The van der Waals surface area contributed by atoms with Crippen molar-refractivity contribution in [3.63, 3.8) is 0 Å². The maximum absolute atomic E-state index is 5.47. The molecule has 0 heterocycles. The fourth-order valence-corrected chi connectivity index (χ4v) is 1.74. The van der Waals surface area contributed by atoms with E-state index in [1.807, 2.05) is 13.0 Å².